The van der Waals surface area contributed by atoms with E-state index in [1.54, 1.807) is 30.0 Å². The Bertz CT molecular complexity index is 252. The van der Waals surface area contributed by atoms with Crippen LogP contribution in [0.25, 0.3) is 0 Å². The van der Waals surface area contributed by atoms with Crippen LogP contribution in [0.2, 0.25) is 0 Å². The summed E-state index contributed by atoms with van der Waals surface area (Å²) >= 11 is 1.77. The SMILES string of the molecule is CSCCCOc1ccccc1F. The average molecular weight is 200 g/mol. The van der Waals surface area contributed by atoms with Crippen molar-refractivity contribution >= 4 is 11.8 Å². The van der Waals surface area contributed by atoms with Gasteiger partial charge in [0.15, 0.2) is 11.6 Å². The normalized spacial score (nSPS) is 10.0. The van der Waals surface area contributed by atoms with Crippen LogP contribution in [0.4, 0.5) is 4.39 Å². The Labute approximate surface area is 82.3 Å². The van der Waals surface area contributed by atoms with Crippen LogP contribution in [0.15, 0.2) is 24.3 Å². The summed E-state index contributed by atoms with van der Waals surface area (Å²) in [4.78, 5) is 0. The number of hydrogen-bond acceptors (Lipinski definition) is 2. The molecule has 13 heavy (non-hydrogen) atoms. The maximum Gasteiger partial charge on any atom is 0.165 e. The Hall–Kier alpha value is -0.700. The molecule has 72 valence electrons. The zero-order valence-corrected chi connectivity index (χ0v) is 8.44. The molecule has 0 saturated carbocycles. The van der Waals surface area contributed by atoms with Gasteiger partial charge in [-0.15, -0.1) is 0 Å². The first kappa shape index (κ1) is 10.4. The topological polar surface area (TPSA) is 9.23 Å². The quantitative estimate of drug-likeness (QED) is 0.676. The van der Waals surface area contributed by atoms with E-state index in [4.69, 9.17) is 4.74 Å². The summed E-state index contributed by atoms with van der Waals surface area (Å²) < 4.78 is 18.2. The molecule has 1 rings (SSSR count). The van der Waals surface area contributed by atoms with Gasteiger partial charge in [-0.1, -0.05) is 12.1 Å². The number of hydrogen-bond donors (Lipinski definition) is 0. The van der Waals surface area contributed by atoms with E-state index in [1.807, 2.05) is 6.26 Å². The molecule has 0 aromatic heterocycles. The van der Waals surface area contributed by atoms with Gasteiger partial charge in [0, 0.05) is 0 Å². The number of benzene rings is 1. The molecule has 0 fully saturated rings. The number of rotatable bonds is 5. The molecule has 1 aromatic carbocycles. The Morgan fingerprint density at radius 2 is 2.15 bits per heavy atom. The van der Waals surface area contributed by atoms with E-state index in [1.165, 1.54) is 6.07 Å². The standard InChI is InChI=1S/C10H13FOS/c1-13-8-4-7-12-10-6-3-2-5-9(10)11/h2-3,5-6H,4,7-8H2,1H3. The van der Waals surface area contributed by atoms with Crippen molar-refractivity contribution in [2.75, 3.05) is 18.6 Å². The molecule has 0 atom stereocenters. The van der Waals surface area contributed by atoms with E-state index in [0.717, 1.165) is 12.2 Å². The molecule has 1 aromatic rings. The van der Waals surface area contributed by atoms with Crippen molar-refractivity contribution in [1.29, 1.82) is 0 Å². The first-order chi connectivity index (χ1) is 6.34. The molecule has 0 aliphatic rings. The van der Waals surface area contributed by atoms with Crippen LogP contribution in [-0.4, -0.2) is 18.6 Å². The van der Waals surface area contributed by atoms with Crippen LogP contribution in [0.3, 0.4) is 0 Å². The number of halogens is 1. The van der Waals surface area contributed by atoms with Crippen LogP contribution in [0.1, 0.15) is 6.42 Å². The summed E-state index contributed by atoms with van der Waals surface area (Å²) in [6.45, 7) is 0.585. The second-order valence-electron chi connectivity index (χ2n) is 2.63. The lowest BCUT2D eigenvalue weighted by Gasteiger charge is -2.05. The molecule has 0 radical (unpaired) electrons. The van der Waals surface area contributed by atoms with Crippen molar-refractivity contribution < 1.29 is 9.13 Å². The maximum absolute atomic E-state index is 13.0. The Morgan fingerprint density at radius 1 is 1.38 bits per heavy atom. The van der Waals surface area contributed by atoms with E-state index in [0.29, 0.717) is 12.4 Å². The lowest BCUT2D eigenvalue weighted by Crippen LogP contribution is -1.99. The molecule has 0 spiro atoms. The van der Waals surface area contributed by atoms with Gasteiger partial charge >= 0.3 is 0 Å². The van der Waals surface area contributed by atoms with Gasteiger partial charge in [0.05, 0.1) is 6.61 Å². The van der Waals surface area contributed by atoms with E-state index in [-0.39, 0.29) is 5.82 Å². The van der Waals surface area contributed by atoms with Crippen LogP contribution >= 0.6 is 11.8 Å². The summed E-state index contributed by atoms with van der Waals surface area (Å²) in [5.41, 5.74) is 0. The predicted octanol–water partition coefficient (Wildman–Crippen LogP) is 2.96. The van der Waals surface area contributed by atoms with Crippen molar-refractivity contribution in [2.45, 2.75) is 6.42 Å². The number of ether oxygens (including phenoxy) is 1. The largest absolute Gasteiger partial charge is 0.490 e. The second-order valence-corrected chi connectivity index (χ2v) is 3.61. The summed E-state index contributed by atoms with van der Waals surface area (Å²) in [7, 11) is 0. The Kier molecular flexibility index (Phi) is 4.68. The number of para-hydroxylation sites is 1. The lowest BCUT2D eigenvalue weighted by atomic mass is 10.3. The van der Waals surface area contributed by atoms with Gasteiger partial charge in [-0.05, 0) is 30.6 Å². The highest BCUT2D eigenvalue weighted by Crippen LogP contribution is 2.15. The molecule has 3 heteroatoms. The van der Waals surface area contributed by atoms with Gasteiger partial charge in [-0.25, -0.2) is 4.39 Å². The van der Waals surface area contributed by atoms with Crippen molar-refractivity contribution in [3.63, 3.8) is 0 Å². The fourth-order valence-corrected chi connectivity index (χ4v) is 1.35. The predicted molar refractivity (Wildman–Crippen MR) is 54.9 cm³/mol. The lowest BCUT2D eigenvalue weighted by molar-refractivity contribution is 0.302. The van der Waals surface area contributed by atoms with Crippen LogP contribution in [0.5, 0.6) is 5.75 Å². The van der Waals surface area contributed by atoms with Crippen LogP contribution in [-0.2, 0) is 0 Å². The highest BCUT2D eigenvalue weighted by atomic mass is 32.2. The third-order valence-corrected chi connectivity index (χ3v) is 2.28. The molecular formula is C10H13FOS. The molecule has 0 unspecified atom stereocenters. The third-order valence-electron chi connectivity index (χ3n) is 1.59. The molecule has 0 N–H and O–H groups in total. The first-order valence-corrected chi connectivity index (χ1v) is 5.60. The van der Waals surface area contributed by atoms with Crippen LogP contribution < -0.4 is 4.74 Å². The van der Waals surface area contributed by atoms with E-state index in [9.17, 15) is 4.39 Å². The first-order valence-electron chi connectivity index (χ1n) is 4.21. The smallest absolute Gasteiger partial charge is 0.165 e. The minimum Gasteiger partial charge on any atom is -0.490 e. The van der Waals surface area contributed by atoms with Gasteiger partial charge in [0.1, 0.15) is 0 Å². The van der Waals surface area contributed by atoms with Crippen molar-refractivity contribution in [3.8, 4) is 5.75 Å². The minimum atomic E-state index is -0.286. The van der Waals surface area contributed by atoms with Gasteiger partial charge in [-0.3, -0.25) is 0 Å². The van der Waals surface area contributed by atoms with Crippen LogP contribution in [0, 0.1) is 5.82 Å². The molecule has 0 saturated heterocycles. The highest BCUT2D eigenvalue weighted by molar-refractivity contribution is 7.98. The van der Waals surface area contributed by atoms with Crippen molar-refractivity contribution in [2.24, 2.45) is 0 Å². The van der Waals surface area contributed by atoms with Gasteiger partial charge in [-0.2, -0.15) is 11.8 Å². The fourth-order valence-electron chi connectivity index (χ4n) is 0.947. The fraction of sp³-hybridized carbons (Fsp3) is 0.400. The zero-order valence-electron chi connectivity index (χ0n) is 7.63. The molecule has 0 aliphatic heterocycles. The summed E-state index contributed by atoms with van der Waals surface area (Å²) in [6, 6.07) is 6.48. The average Bonchev–Trinajstić information content (AvgIpc) is 2.15. The Balaban J connectivity index is 2.32. The van der Waals surface area contributed by atoms with E-state index >= 15 is 0 Å². The van der Waals surface area contributed by atoms with Gasteiger partial charge in [0.25, 0.3) is 0 Å². The monoisotopic (exact) mass is 200 g/mol. The van der Waals surface area contributed by atoms with E-state index < -0.39 is 0 Å². The third kappa shape index (κ3) is 3.68. The molecule has 0 bridgehead atoms. The molecule has 0 heterocycles. The second kappa shape index (κ2) is 5.86. The number of thioether (sulfide) groups is 1. The van der Waals surface area contributed by atoms with Crippen molar-refractivity contribution in [3.05, 3.63) is 30.1 Å². The maximum atomic E-state index is 13.0. The summed E-state index contributed by atoms with van der Waals surface area (Å²) in [5, 5.41) is 0. The molecular weight excluding hydrogens is 187 g/mol. The molecule has 0 aliphatic carbocycles. The molecule has 1 nitrogen and oxygen atoms in total. The Morgan fingerprint density at radius 3 is 2.85 bits per heavy atom. The van der Waals surface area contributed by atoms with Crippen molar-refractivity contribution in [1.82, 2.24) is 0 Å². The van der Waals surface area contributed by atoms with E-state index in [2.05, 4.69) is 0 Å². The zero-order chi connectivity index (χ0) is 9.52. The summed E-state index contributed by atoms with van der Waals surface area (Å²) in [5.74, 6) is 1.12. The minimum absolute atomic E-state index is 0.286. The van der Waals surface area contributed by atoms with Gasteiger partial charge < -0.3 is 4.74 Å². The van der Waals surface area contributed by atoms with Gasteiger partial charge in [0.2, 0.25) is 0 Å². The highest BCUT2D eigenvalue weighted by Gasteiger charge is 1.99. The summed E-state index contributed by atoms with van der Waals surface area (Å²) in [6.07, 6.45) is 3.00. The molecule has 0 amide bonds.